The summed E-state index contributed by atoms with van der Waals surface area (Å²) in [6.07, 6.45) is 1.91. The number of aliphatic carboxylic acids is 1. The van der Waals surface area contributed by atoms with Crippen LogP contribution >= 0.6 is 0 Å². The Morgan fingerprint density at radius 1 is 1.16 bits per heavy atom. The third kappa shape index (κ3) is 3.28. The Bertz CT molecular complexity index is 1270. The van der Waals surface area contributed by atoms with Gasteiger partial charge in [-0.2, -0.15) is 0 Å². The number of imidazole rings is 1. The highest BCUT2D eigenvalue weighted by atomic mass is 16.5. The van der Waals surface area contributed by atoms with Gasteiger partial charge < -0.3 is 9.84 Å². The highest BCUT2D eigenvalue weighted by Crippen LogP contribution is 2.41. The topological polar surface area (TPSA) is 85.8 Å². The number of carboxylic acid groups (broad SMARTS) is 1. The molecule has 0 bridgehead atoms. The van der Waals surface area contributed by atoms with Crippen LogP contribution in [0, 0.1) is 12.3 Å². The summed E-state index contributed by atoms with van der Waals surface area (Å²) in [7, 11) is 1.52. The minimum atomic E-state index is -1.21. The maximum Gasteiger partial charge on any atom is 0.329 e. The van der Waals surface area contributed by atoms with Crippen molar-refractivity contribution < 1.29 is 14.6 Å². The third-order valence-corrected chi connectivity index (χ3v) is 6.77. The predicted molar refractivity (Wildman–Crippen MR) is 125 cm³/mol. The summed E-state index contributed by atoms with van der Waals surface area (Å²) < 4.78 is 8.74. The number of nitrogens with zero attached hydrogens (tertiary/aromatic N) is 3. The molecular weight excluding hydrogens is 406 g/mol. The lowest BCUT2D eigenvalue weighted by Gasteiger charge is -2.31. The molecule has 0 radical (unpaired) electrons. The molecule has 1 aliphatic heterocycles. The van der Waals surface area contributed by atoms with E-state index >= 15 is 0 Å². The number of aryl methyl sites for hydroxylation is 1. The number of rotatable bonds is 7. The first-order valence-electron chi connectivity index (χ1n) is 10.8. The van der Waals surface area contributed by atoms with Gasteiger partial charge in [0.25, 0.3) is 0 Å². The largest absolute Gasteiger partial charge is 0.481 e. The molecule has 3 atom stereocenters. The number of ether oxygens (including phenoxy) is 1. The van der Waals surface area contributed by atoms with E-state index in [2.05, 4.69) is 18.0 Å². The van der Waals surface area contributed by atoms with Crippen molar-refractivity contribution in [1.29, 1.82) is 0 Å². The quantitative estimate of drug-likeness (QED) is 0.593. The molecule has 0 saturated heterocycles. The summed E-state index contributed by atoms with van der Waals surface area (Å²) in [5, 5.41) is 9.90. The van der Waals surface area contributed by atoms with E-state index < -0.39 is 17.4 Å². The summed E-state index contributed by atoms with van der Waals surface area (Å²) in [6.45, 7) is 7.44. The van der Waals surface area contributed by atoms with E-state index in [0.29, 0.717) is 5.52 Å². The van der Waals surface area contributed by atoms with Gasteiger partial charge in [0.2, 0.25) is 0 Å². The Morgan fingerprint density at radius 2 is 1.81 bits per heavy atom. The molecule has 32 heavy (non-hydrogen) atoms. The van der Waals surface area contributed by atoms with Gasteiger partial charge in [0, 0.05) is 25.3 Å². The number of para-hydroxylation sites is 2. The molecule has 3 aromatic rings. The number of aromatic nitrogens is 2. The molecule has 2 aromatic carbocycles. The first-order valence-corrected chi connectivity index (χ1v) is 10.8. The van der Waals surface area contributed by atoms with Crippen LogP contribution in [0.2, 0.25) is 0 Å². The molecule has 0 aliphatic carbocycles. The first-order chi connectivity index (χ1) is 15.2. The second-order valence-corrected chi connectivity index (χ2v) is 9.06. The average molecular weight is 436 g/mol. The summed E-state index contributed by atoms with van der Waals surface area (Å²) >= 11 is 0. The number of hydrogen-bond acceptors (Lipinski definition) is 4. The van der Waals surface area contributed by atoms with E-state index in [4.69, 9.17) is 4.74 Å². The molecule has 3 unspecified atom stereocenters. The van der Waals surface area contributed by atoms with Crippen LogP contribution < -0.4 is 5.69 Å². The average Bonchev–Trinajstić information content (AvgIpc) is 3.31. The number of benzene rings is 2. The van der Waals surface area contributed by atoms with Gasteiger partial charge in [0.1, 0.15) is 0 Å². The highest BCUT2D eigenvalue weighted by Gasteiger charge is 2.41. The predicted octanol–water partition coefficient (Wildman–Crippen LogP) is 4.47. The number of fused-ring (bicyclic) bond motifs is 2. The molecular formula is C25H29N3O4. The highest BCUT2D eigenvalue weighted by molar-refractivity contribution is 5.83. The molecule has 4 rings (SSSR count). The normalized spacial score (nSPS) is 17.5. The molecule has 1 aliphatic rings. The van der Waals surface area contributed by atoms with Crippen LogP contribution in [-0.4, -0.2) is 40.1 Å². The van der Waals surface area contributed by atoms with Crippen molar-refractivity contribution >= 4 is 28.9 Å². The van der Waals surface area contributed by atoms with Crippen LogP contribution in [-0.2, 0) is 9.53 Å². The number of carbonyl (C=O) groups is 1. The lowest BCUT2D eigenvalue weighted by atomic mass is 9.84. The fourth-order valence-electron chi connectivity index (χ4n) is 4.77. The Morgan fingerprint density at radius 3 is 2.44 bits per heavy atom. The van der Waals surface area contributed by atoms with Gasteiger partial charge in [-0.05, 0) is 57.0 Å². The van der Waals surface area contributed by atoms with Crippen LogP contribution in [0.25, 0.3) is 11.0 Å². The van der Waals surface area contributed by atoms with Crippen molar-refractivity contribution in [2.75, 3.05) is 13.7 Å². The monoisotopic (exact) mass is 435 g/mol. The number of carboxylic acids is 1. The Kier molecular flexibility index (Phi) is 5.54. The fraction of sp³-hybridized carbons (Fsp3) is 0.400. The van der Waals surface area contributed by atoms with E-state index in [1.54, 1.807) is 23.0 Å². The Labute approximate surface area is 187 Å². The molecule has 0 spiro atoms. The van der Waals surface area contributed by atoms with E-state index in [0.717, 1.165) is 22.3 Å². The molecule has 7 heteroatoms. The SMILES string of the molecule is COCC(n1c(=O)n(C(C)C2C=Nc3cccc(C)c32)c2ccccc21)C(C)(C)C(=O)O. The maximum absolute atomic E-state index is 13.9. The zero-order chi connectivity index (χ0) is 23.2. The van der Waals surface area contributed by atoms with E-state index in [-0.39, 0.29) is 24.3 Å². The second-order valence-electron chi connectivity index (χ2n) is 9.06. The Balaban J connectivity index is 1.93. The van der Waals surface area contributed by atoms with Crippen molar-refractivity contribution in [3.63, 3.8) is 0 Å². The maximum atomic E-state index is 13.9. The van der Waals surface area contributed by atoms with Gasteiger partial charge >= 0.3 is 11.7 Å². The summed E-state index contributed by atoms with van der Waals surface area (Å²) in [4.78, 5) is 30.6. The zero-order valence-electron chi connectivity index (χ0n) is 19.1. The lowest BCUT2D eigenvalue weighted by Crippen LogP contribution is -2.42. The van der Waals surface area contributed by atoms with Gasteiger partial charge in [0.15, 0.2) is 0 Å². The van der Waals surface area contributed by atoms with Crippen molar-refractivity contribution in [3.8, 4) is 0 Å². The molecule has 168 valence electrons. The van der Waals surface area contributed by atoms with Crippen molar-refractivity contribution in [2.24, 2.45) is 10.4 Å². The molecule has 1 aromatic heterocycles. The second kappa shape index (κ2) is 8.06. The summed E-state index contributed by atoms with van der Waals surface area (Å²) in [5.41, 5.74) is 3.20. The fourth-order valence-corrected chi connectivity index (χ4v) is 4.77. The summed E-state index contributed by atoms with van der Waals surface area (Å²) in [6, 6.07) is 12.7. The van der Waals surface area contributed by atoms with E-state index in [1.807, 2.05) is 49.5 Å². The lowest BCUT2D eigenvalue weighted by molar-refractivity contribution is -0.150. The molecule has 0 saturated carbocycles. The van der Waals surface area contributed by atoms with Crippen LogP contribution in [0.4, 0.5) is 5.69 Å². The van der Waals surface area contributed by atoms with Gasteiger partial charge in [-0.25, -0.2) is 4.79 Å². The number of hydrogen-bond donors (Lipinski definition) is 1. The van der Waals surface area contributed by atoms with Crippen molar-refractivity contribution in [1.82, 2.24) is 9.13 Å². The van der Waals surface area contributed by atoms with Crippen LogP contribution in [0.1, 0.15) is 49.9 Å². The standard InChI is InChI=1S/C25H29N3O4/c1-15-9-8-10-18-22(15)17(13-26-18)16(2)27-19-11-6-7-12-20(19)28(24(27)31)21(14-32-5)25(3,4)23(29)30/h6-13,16-17,21H,14H2,1-5H3,(H,29,30). The molecule has 0 fully saturated rings. The minimum Gasteiger partial charge on any atom is -0.481 e. The van der Waals surface area contributed by atoms with Gasteiger partial charge in [-0.15, -0.1) is 0 Å². The zero-order valence-corrected chi connectivity index (χ0v) is 19.1. The van der Waals surface area contributed by atoms with E-state index in [9.17, 15) is 14.7 Å². The van der Waals surface area contributed by atoms with Crippen LogP contribution in [0.15, 0.2) is 52.3 Å². The van der Waals surface area contributed by atoms with Crippen molar-refractivity contribution in [2.45, 2.75) is 45.7 Å². The molecule has 0 amide bonds. The molecule has 1 N–H and O–H groups in total. The number of aliphatic imine (C=N–C) groups is 1. The minimum absolute atomic E-state index is 0.0588. The van der Waals surface area contributed by atoms with Crippen LogP contribution in [0.5, 0.6) is 0 Å². The third-order valence-electron chi connectivity index (χ3n) is 6.77. The smallest absolute Gasteiger partial charge is 0.329 e. The van der Waals surface area contributed by atoms with Crippen molar-refractivity contribution in [3.05, 3.63) is 64.1 Å². The summed E-state index contributed by atoms with van der Waals surface area (Å²) in [5.74, 6) is -1.04. The van der Waals surface area contributed by atoms with Crippen LogP contribution in [0.3, 0.4) is 0 Å². The van der Waals surface area contributed by atoms with Gasteiger partial charge in [-0.1, -0.05) is 24.3 Å². The Hall–Kier alpha value is -3.19. The molecule has 7 nitrogen and oxygen atoms in total. The first kappa shape index (κ1) is 22.0. The van der Waals surface area contributed by atoms with Gasteiger partial charge in [0.05, 0.1) is 34.8 Å². The van der Waals surface area contributed by atoms with E-state index in [1.165, 1.54) is 7.11 Å². The molecule has 2 heterocycles. The van der Waals surface area contributed by atoms with Gasteiger partial charge in [-0.3, -0.25) is 18.9 Å². The number of methoxy groups -OCH3 is 1.